The maximum atomic E-state index is 12.2. The van der Waals surface area contributed by atoms with Crippen molar-refractivity contribution in [2.75, 3.05) is 11.9 Å². The number of ether oxygens (including phenoxy) is 1. The zero-order valence-electron chi connectivity index (χ0n) is 11.3. The third kappa shape index (κ3) is 4.38. The molecule has 0 aliphatic carbocycles. The van der Waals surface area contributed by atoms with Gasteiger partial charge in [0.25, 0.3) is 11.8 Å². The molecule has 0 unspecified atom stereocenters. The summed E-state index contributed by atoms with van der Waals surface area (Å²) in [6, 6.07) is 11.2. The Morgan fingerprint density at radius 1 is 1.14 bits per heavy atom. The number of nitrogens with two attached hydrogens (primary N) is 1. The molecule has 3 N–H and O–H groups in total. The molecule has 0 saturated heterocycles. The molecule has 5 nitrogen and oxygen atoms in total. The molecular weight excluding hydrogens is 327 g/mol. The van der Waals surface area contributed by atoms with Gasteiger partial charge in [-0.1, -0.05) is 29.3 Å². The molecule has 0 fully saturated rings. The second-order valence-electron chi connectivity index (χ2n) is 4.36. The van der Waals surface area contributed by atoms with Crippen LogP contribution in [0.1, 0.15) is 10.4 Å². The second-order valence-corrected chi connectivity index (χ2v) is 5.20. The van der Waals surface area contributed by atoms with Crippen LogP contribution in [-0.4, -0.2) is 18.4 Å². The lowest BCUT2D eigenvalue weighted by molar-refractivity contribution is -0.119. The first-order chi connectivity index (χ1) is 10.5. The van der Waals surface area contributed by atoms with Gasteiger partial charge in [-0.2, -0.15) is 0 Å². The minimum absolute atomic E-state index is 0.239. The fraction of sp³-hybridized carbons (Fsp3) is 0.0667. The molecule has 0 saturated carbocycles. The fourth-order valence-corrected chi connectivity index (χ4v) is 2.06. The van der Waals surface area contributed by atoms with Crippen LogP contribution >= 0.6 is 23.2 Å². The van der Waals surface area contributed by atoms with Gasteiger partial charge in [0.15, 0.2) is 6.61 Å². The number of carbonyl (C=O) groups excluding carboxylic acids is 2. The van der Waals surface area contributed by atoms with Crippen LogP contribution < -0.4 is 15.8 Å². The van der Waals surface area contributed by atoms with Crippen LogP contribution in [0.4, 0.5) is 5.69 Å². The summed E-state index contributed by atoms with van der Waals surface area (Å²) in [7, 11) is 0. The van der Waals surface area contributed by atoms with Crippen molar-refractivity contribution in [3.8, 4) is 5.75 Å². The minimum Gasteiger partial charge on any atom is -0.484 e. The summed E-state index contributed by atoms with van der Waals surface area (Å²) >= 11 is 11.8. The molecule has 0 radical (unpaired) electrons. The van der Waals surface area contributed by atoms with E-state index in [4.69, 9.17) is 33.7 Å². The van der Waals surface area contributed by atoms with E-state index in [2.05, 4.69) is 5.32 Å². The van der Waals surface area contributed by atoms with Gasteiger partial charge in [-0.3, -0.25) is 9.59 Å². The number of benzene rings is 2. The van der Waals surface area contributed by atoms with Gasteiger partial charge in [0, 0.05) is 16.8 Å². The van der Waals surface area contributed by atoms with Gasteiger partial charge >= 0.3 is 0 Å². The standard InChI is InChI=1S/C15H12Cl2N2O3/c16-9-4-5-13(17)12(6-9)15(21)19-10-2-1-3-11(7-10)22-8-14(18)20/h1-7H,8H2,(H2,18,20)(H,19,21). The molecule has 0 heterocycles. The average Bonchev–Trinajstić information content (AvgIpc) is 2.48. The molecule has 2 aromatic rings. The smallest absolute Gasteiger partial charge is 0.257 e. The van der Waals surface area contributed by atoms with Gasteiger partial charge < -0.3 is 15.8 Å². The molecule has 0 atom stereocenters. The Morgan fingerprint density at radius 2 is 1.91 bits per heavy atom. The first-order valence-electron chi connectivity index (χ1n) is 6.23. The Kier molecular flexibility index (Phi) is 5.25. The summed E-state index contributed by atoms with van der Waals surface area (Å²) < 4.78 is 5.17. The van der Waals surface area contributed by atoms with Crippen LogP contribution in [0.5, 0.6) is 5.75 Å². The predicted molar refractivity (Wildman–Crippen MR) is 85.5 cm³/mol. The summed E-state index contributed by atoms with van der Waals surface area (Å²) in [6.45, 7) is -0.239. The SMILES string of the molecule is NC(=O)COc1cccc(NC(=O)c2cc(Cl)ccc2Cl)c1. The van der Waals surface area contributed by atoms with Crippen molar-refractivity contribution in [1.29, 1.82) is 0 Å². The minimum atomic E-state index is -0.583. The van der Waals surface area contributed by atoms with Gasteiger partial charge in [-0.15, -0.1) is 0 Å². The van der Waals surface area contributed by atoms with Crippen molar-refractivity contribution in [1.82, 2.24) is 0 Å². The average molecular weight is 339 g/mol. The van der Waals surface area contributed by atoms with Gasteiger partial charge in [-0.05, 0) is 30.3 Å². The van der Waals surface area contributed by atoms with E-state index in [1.54, 1.807) is 36.4 Å². The molecule has 7 heteroatoms. The summed E-state index contributed by atoms with van der Waals surface area (Å²) in [4.78, 5) is 22.9. The molecule has 0 aliphatic rings. The van der Waals surface area contributed by atoms with E-state index < -0.39 is 11.8 Å². The number of carbonyl (C=O) groups is 2. The van der Waals surface area contributed by atoms with E-state index in [9.17, 15) is 9.59 Å². The van der Waals surface area contributed by atoms with Gasteiger partial charge in [-0.25, -0.2) is 0 Å². The van der Waals surface area contributed by atoms with Gasteiger partial charge in [0.1, 0.15) is 5.75 Å². The third-order valence-corrected chi connectivity index (χ3v) is 3.21. The van der Waals surface area contributed by atoms with Gasteiger partial charge in [0.05, 0.1) is 10.6 Å². The van der Waals surface area contributed by atoms with E-state index in [0.717, 1.165) is 0 Å². The first-order valence-corrected chi connectivity index (χ1v) is 6.99. The number of primary amides is 1. The summed E-state index contributed by atoms with van der Waals surface area (Å²) in [5.41, 5.74) is 5.76. The van der Waals surface area contributed by atoms with E-state index in [0.29, 0.717) is 21.5 Å². The number of nitrogens with one attached hydrogen (secondary N) is 1. The van der Waals surface area contributed by atoms with Crippen molar-refractivity contribution in [2.45, 2.75) is 0 Å². The van der Waals surface area contributed by atoms with Crippen LogP contribution in [0.15, 0.2) is 42.5 Å². The molecule has 2 amide bonds. The molecule has 0 aromatic heterocycles. The second kappa shape index (κ2) is 7.15. The molecule has 2 aromatic carbocycles. The zero-order chi connectivity index (χ0) is 16.1. The topological polar surface area (TPSA) is 81.4 Å². The van der Waals surface area contributed by atoms with Crippen molar-refractivity contribution < 1.29 is 14.3 Å². The number of halogens is 2. The maximum Gasteiger partial charge on any atom is 0.257 e. The molecular formula is C15H12Cl2N2O3. The molecule has 114 valence electrons. The highest BCUT2D eigenvalue weighted by Crippen LogP contribution is 2.23. The number of hydrogen-bond acceptors (Lipinski definition) is 3. The van der Waals surface area contributed by atoms with Crippen molar-refractivity contribution in [2.24, 2.45) is 5.73 Å². The van der Waals surface area contributed by atoms with Crippen LogP contribution in [0.25, 0.3) is 0 Å². The highest BCUT2D eigenvalue weighted by atomic mass is 35.5. The van der Waals surface area contributed by atoms with Crippen LogP contribution in [0, 0.1) is 0 Å². The van der Waals surface area contributed by atoms with Crippen LogP contribution in [-0.2, 0) is 4.79 Å². The van der Waals surface area contributed by atoms with Crippen molar-refractivity contribution in [3.05, 3.63) is 58.1 Å². The summed E-state index contributed by atoms with van der Waals surface area (Å²) in [5, 5.41) is 3.38. The summed E-state index contributed by atoms with van der Waals surface area (Å²) in [6.07, 6.45) is 0. The lowest BCUT2D eigenvalue weighted by atomic mass is 10.2. The maximum absolute atomic E-state index is 12.2. The summed E-state index contributed by atoms with van der Waals surface area (Å²) in [5.74, 6) is -0.575. The van der Waals surface area contributed by atoms with Crippen molar-refractivity contribution >= 4 is 40.7 Å². The van der Waals surface area contributed by atoms with E-state index in [1.807, 2.05) is 0 Å². The highest BCUT2D eigenvalue weighted by molar-refractivity contribution is 6.36. The molecule has 0 bridgehead atoms. The van der Waals surface area contributed by atoms with E-state index in [1.165, 1.54) is 6.07 Å². The highest BCUT2D eigenvalue weighted by Gasteiger charge is 2.11. The van der Waals surface area contributed by atoms with E-state index in [-0.39, 0.29) is 12.2 Å². The predicted octanol–water partition coefficient (Wildman–Crippen LogP) is 3.11. The lowest BCUT2D eigenvalue weighted by Gasteiger charge is -2.09. The number of rotatable bonds is 5. The zero-order valence-corrected chi connectivity index (χ0v) is 12.8. The monoisotopic (exact) mass is 338 g/mol. The number of hydrogen-bond donors (Lipinski definition) is 2. The molecule has 0 spiro atoms. The Morgan fingerprint density at radius 3 is 2.64 bits per heavy atom. The Hall–Kier alpha value is -2.24. The lowest BCUT2D eigenvalue weighted by Crippen LogP contribution is -2.20. The molecule has 0 aliphatic heterocycles. The van der Waals surface area contributed by atoms with Crippen LogP contribution in [0.2, 0.25) is 10.0 Å². The Labute approximate surface area is 137 Å². The Bertz CT molecular complexity index is 720. The fourth-order valence-electron chi connectivity index (χ4n) is 1.69. The molecule has 2 rings (SSSR count). The third-order valence-electron chi connectivity index (χ3n) is 2.65. The number of amides is 2. The molecule has 22 heavy (non-hydrogen) atoms. The normalized spacial score (nSPS) is 10.1. The Balaban J connectivity index is 2.13. The van der Waals surface area contributed by atoms with Gasteiger partial charge in [0.2, 0.25) is 0 Å². The first kappa shape index (κ1) is 16.1. The van der Waals surface area contributed by atoms with Crippen molar-refractivity contribution in [3.63, 3.8) is 0 Å². The quantitative estimate of drug-likeness (QED) is 0.878. The number of anilines is 1. The van der Waals surface area contributed by atoms with E-state index >= 15 is 0 Å². The largest absolute Gasteiger partial charge is 0.484 e. The van der Waals surface area contributed by atoms with Crippen LogP contribution in [0.3, 0.4) is 0 Å².